The van der Waals surface area contributed by atoms with Crippen molar-refractivity contribution in [1.82, 2.24) is 0 Å². The van der Waals surface area contributed by atoms with E-state index in [1.54, 1.807) is 30.3 Å². The lowest BCUT2D eigenvalue weighted by atomic mass is 10.2. The average molecular weight is 347 g/mol. The lowest BCUT2D eigenvalue weighted by Crippen LogP contribution is -2.09. The van der Waals surface area contributed by atoms with Crippen molar-refractivity contribution in [3.8, 4) is 5.75 Å². The smallest absolute Gasteiger partial charge is 0.344 e. The first-order valence-corrected chi connectivity index (χ1v) is 5.27. The topological polar surface area (TPSA) is 26.3 Å². The van der Waals surface area contributed by atoms with Crippen molar-refractivity contribution in [1.29, 1.82) is 0 Å². The Bertz CT molecular complexity index is 515. The summed E-state index contributed by atoms with van der Waals surface area (Å²) < 4.78 is 5.19. The molecule has 0 radical (unpaired) electrons. The van der Waals surface area contributed by atoms with Crippen LogP contribution >= 0.6 is 25.0 Å². The third-order valence-corrected chi connectivity index (χ3v) is 2.47. The molecule has 0 saturated carbocycles. The fraction of sp³-hybridized carbons (Fsp3) is 0. The summed E-state index contributed by atoms with van der Waals surface area (Å²) in [6.07, 6.45) is 0. The number of hydrogen-bond donors (Lipinski definition) is 1. The molecule has 0 aliphatic carbocycles. The van der Waals surface area contributed by atoms with Crippen LogP contribution in [0.15, 0.2) is 59.5 Å². The predicted octanol–water partition coefficient (Wildman–Crippen LogP) is 4.23. The first-order valence-electron chi connectivity index (χ1n) is 4.82. The van der Waals surface area contributed by atoms with Gasteiger partial charge in [0.2, 0.25) is 0 Å². The second-order valence-electron chi connectivity index (χ2n) is 3.22. The third kappa shape index (κ3) is 7.57. The first kappa shape index (κ1) is 27.6. The van der Waals surface area contributed by atoms with Gasteiger partial charge in [0.25, 0.3) is 0 Å². The average Bonchev–Trinajstić information content (AvgIpc) is 2.31. The van der Waals surface area contributed by atoms with Crippen molar-refractivity contribution in [2.75, 3.05) is 0 Å². The van der Waals surface area contributed by atoms with E-state index in [0.717, 1.165) is 0 Å². The highest BCUT2D eigenvalue weighted by Crippen LogP contribution is 2.16. The minimum Gasteiger partial charge on any atom is -0.423 e. The van der Waals surface area contributed by atoms with Crippen molar-refractivity contribution in [3.05, 3.63) is 60.2 Å². The molecule has 2 rings (SSSR count). The summed E-state index contributed by atoms with van der Waals surface area (Å²) in [6, 6.07) is 16.0. The van der Waals surface area contributed by atoms with Crippen LogP contribution in [0.3, 0.4) is 0 Å². The van der Waals surface area contributed by atoms with Crippen molar-refractivity contribution < 1.29 is 28.3 Å². The number of hydrogen-bond acceptors (Lipinski definition) is 3. The van der Waals surface area contributed by atoms with Crippen molar-refractivity contribution >= 4 is 31.0 Å². The van der Waals surface area contributed by atoms with Gasteiger partial charge in [0, 0.05) is 4.90 Å². The Morgan fingerprint density at radius 2 is 1.29 bits per heavy atom. The maximum Gasteiger partial charge on any atom is 0.344 e. The maximum atomic E-state index is 11.8. The van der Waals surface area contributed by atoms with Crippen molar-refractivity contribution in [2.45, 2.75) is 4.90 Å². The van der Waals surface area contributed by atoms with E-state index in [1.165, 1.54) is 0 Å². The van der Waals surface area contributed by atoms with E-state index in [4.69, 9.17) is 4.74 Å². The van der Waals surface area contributed by atoms with Crippen molar-refractivity contribution in [3.63, 3.8) is 0 Å². The molecule has 0 aliphatic rings. The first-order chi connectivity index (χ1) is 7.77. The van der Waals surface area contributed by atoms with Crippen LogP contribution in [0.2, 0.25) is 0 Å². The van der Waals surface area contributed by atoms with Gasteiger partial charge in [-0.3, -0.25) is 18.8 Å². The molecule has 0 atom stereocenters. The van der Waals surface area contributed by atoms with Crippen molar-refractivity contribution in [2.24, 2.45) is 0 Å². The fourth-order valence-electron chi connectivity index (χ4n) is 1.30. The van der Waals surface area contributed by atoms with Gasteiger partial charge in [0.05, 0.1) is 5.56 Å². The number of ether oxygens (including phenoxy) is 1. The standard InChI is InChI=1S/C13H10O2S.ClH.4FH/c14-13(11-8-4-5-9-12(11)16)15-10-6-2-1-3-7-10;;;;;/h1-9,16H;5*1H. The number of para-hydroxylation sites is 1. The SMILES string of the molecule is Cl.F.F.F.F.O=C(Oc1ccccc1)c1ccccc1S. The van der Waals surface area contributed by atoms with Gasteiger partial charge in [-0.05, 0) is 24.3 Å². The largest absolute Gasteiger partial charge is 0.423 e. The number of carbonyl (C=O) groups excluding carboxylic acids is 1. The summed E-state index contributed by atoms with van der Waals surface area (Å²) >= 11 is 4.20. The van der Waals surface area contributed by atoms with Crippen LogP contribution in [0, 0.1) is 0 Å². The lowest BCUT2D eigenvalue weighted by molar-refractivity contribution is 0.0731. The normalized spacial score (nSPS) is 7.48. The monoisotopic (exact) mass is 346 g/mol. The van der Waals surface area contributed by atoms with Gasteiger partial charge in [-0.2, -0.15) is 0 Å². The van der Waals surface area contributed by atoms with Gasteiger partial charge in [-0.1, -0.05) is 30.3 Å². The minimum atomic E-state index is -0.392. The second-order valence-corrected chi connectivity index (χ2v) is 3.70. The highest BCUT2D eigenvalue weighted by atomic mass is 35.5. The molecular weight excluding hydrogens is 332 g/mol. The van der Waals surface area contributed by atoms with Gasteiger partial charge in [-0.25, -0.2) is 4.79 Å². The lowest BCUT2D eigenvalue weighted by Gasteiger charge is -2.05. The van der Waals surface area contributed by atoms with E-state index in [1.807, 2.05) is 24.3 Å². The molecule has 0 aliphatic heterocycles. The van der Waals surface area contributed by atoms with Crippen LogP contribution in [0.1, 0.15) is 10.4 Å². The Hall–Kier alpha value is -1.73. The zero-order chi connectivity index (χ0) is 11.4. The molecule has 2 nitrogen and oxygen atoms in total. The molecule has 2 aromatic rings. The Balaban J connectivity index is -0.000000289. The van der Waals surface area contributed by atoms with E-state index < -0.39 is 5.97 Å². The number of carbonyl (C=O) groups is 1. The van der Waals surface area contributed by atoms with Gasteiger partial charge in [-0.15, -0.1) is 25.0 Å². The molecule has 0 amide bonds. The number of rotatable bonds is 2. The Morgan fingerprint density at radius 3 is 1.81 bits per heavy atom. The van der Waals surface area contributed by atoms with Crippen LogP contribution in [-0.2, 0) is 0 Å². The maximum absolute atomic E-state index is 11.8. The third-order valence-electron chi connectivity index (χ3n) is 2.08. The zero-order valence-electron chi connectivity index (χ0n) is 10.5. The molecule has 21 heavy (non-hydrogen) atoms. The molecule has 0 N–H and O–H groups in total. The summed E-state index contributed by atoms with van der Waals surface area (Å²) in [5, 5.41) is 0. The van der Waals surface area contributed by atoms with E-state index in [9.17, 15) is 4.79 Å². The molecule has 2 aromatic carbocycles. The summed E-state index contributed by atoms with van der Waals surface area (Å²) in [5.41, 5.74) is 0.467. The van der Waals surface area contributed by atoms with Crippen LogP contribution in [0.25, 0.3) is 0 Å². The highest BCUT2D eigenvalue weighted by molar-refractivity contribution is 7.80. The fourth-order valence-corrected chi connectivity index (χ4v) is 1.55. The Labute approximate surface area is 130 Å². The van der Waals surface area contributed by atoms with Gasteiger partial charge < -0.3 is 4.74 Å². The molecule has 0 saturated heterocycles. The number of halogens is 5. The quantitative estimate of drug-likeness (QED) is 0.381. The van der Waals surface area contributed by atoms with E-state index in [0.29, 0.717) is 16.2 Å². The molecule has 0 bridgehead atoms. The van der Waals surface area contributed by atoms with Gasteiger partial charge in [0.1, 0.15) is 5.75 Å². The minimum absolute atomic E-state index is 0. The van der Waals surface area contributed by atoms with Crippen LogP contribution in [-0.4, -0.2) is 5.97 Å². The Morgan fingerprint density at radius 1 is 0.810 bits per heavy atom. The second kappa shape index (κ2) is 13.3. The molecule has 0 spiro atoms. The van der Waals surface area contributed by atoms with Gasteiger partial charge >= 0.3 is 5.97 Å². The molecule has 0 aromatic heterocycles. The molecule has 0 heterocycles. The van der Waals surface area contributed by atoms with E-state index in [-0.39, 0.29) is 31.2 Å². The predicted molar refractivity (Wildman–Crippen MR) is 82.4 cm³/mol. The summed E-state index contributed by atoms with van der Waals surface area (Å²) in [4.78, 5) is 12.4. The number of esters is 1. The van der Waals surface area contributed by atoms with E-state index in [2.05, 4.69) is 12.6 Å². The van der Waals surface area contributed by atoms with E-state index >= 15 is 0 Å². The Kier molecular flexibility index (Phi) is 17.4. The highest BCUT2D eigenvalue weighted by Gasteiger charge is 2.10. The van der Waals surface area contributed by atoms with Gasteiger partial charge in [0.15, 0.2) is 0 Å². The molecule has 120 valence electrons. The number of benzene rings is 2. The molecule has 0 fully saturated rings. The van der Waals surface area contributed by atoms with Crippen LogP contribution < -0.4 is 4.74 Å². The summed E-state index contributed by atoms with van der Waals surface area (Å²) in [6.45, 7) is 0. The number of thiol groups is 1. The molecule has 8 heteroatoms. The molecule has 0 unspecified atom stereocenters. The van der Waals surface area contributed by atoms with Crippen LogP contribution in [0.5, 0.6) is 5.75 Å². The summed E-state index contributed by atoms with van der Waals surface area (Å²) in [7, 11) is 0. The zero-order valence-corrected chi connectivity index (χ0v) is 12.2. The molecular formula is C13H15ClF4O2S. The van der Waals surface area contributed by atoms with Crippen LogP contribution in [0.4, 0.5) is 18.8 Å². The summed E-state index contributed by atoms with van der Waals surface area (Å²) in [5.74, 6) is 0.140.